The molecule has 0 aromatic carbocycles. The molecule has 114 valence electrons. The van der Waals surface area contributed by atoms with E-state index in [0.29, 0.717) is 6.54 Å². The fourth-order valence-electron chi connectivity index (χ4n) is 2.17. The lowest BCUT2D eigenvalue weighted by Gasteiger charge is -2.30. The van der Waals surface area contributed by atoms with Gasteiger partial charge in [-0.1, -0.05) is 20.8 Å². The van der Waals surface area contributed by atoms with Crippen molar-refractivity contribution in [2.24, 2.45) is 5.73 Å². The van der Waals surface area contributed by atoms with Crippen molar-refractivity contribution in [2.45, 2.75) is 39.7 Å². The third-order valence-electron chi connectivity index (χ3n) is 3.49. The zero-order valence-electron chi connectivity index (χ0n) is 13.2. The molecule has 0 saturated carbocycles. The van der Waals surface area contributed by atoms with E-state index in [2.05, 4.69) is 30.6 Å². The van der Waals surface area contributed by atoms with E-state index in [1.165, 1.54) is 7.11 Å². The molecule has 19 heavy (non-hydrogen) atoms. The maximum Gasteiger partial charge on any atom is 0.326 e. The molecule has 0 radical (unpaired) electrons. The highest BCUT2D eigenvalue weighted by Crippen LogP contribution is 2.06. The summed E-state index contributed by atoms with van der Waals surface area (Å²) in [6, 6.07) is 0. The molecule has 5 heteroatoms. The minimum Gasteiger partial charge on any atom is -0.468 e. The van der Waals surface area contributed by atoms with E-state index in [-0.39, 0.29) is 5.97 Å². The molecule has 1 unspecified atom stereocenters. The number of nitrogens with two attached hydrogens (primary N) is 1. The quantitative estimate of drug-likeness (QED) is 0.600. The van der Waals surface area contributed by atoms with Crippen LogP contribution >= 0.6 is 0 Å². The third-order valence-corrected chi connectivity index (χ3v) is 3.49. The second-order valence-electron chi connectivity index (χ2n) is 5.16. The number of carbonyl (C=O) groups excluding carboxylic acids is 1. The Bertz CT molecular complexity index is 253. The molecule has 0 spiro atoms. The van der Waals surface area contributed by atoms with Gasteiger partial charge in [0.25, 0.3) is 0 Å². The summed E-state index contributed by atoms with van der Waals surface area (Å²) < 4.78 is 4.74. The second kappa shape index (κ2) is 9.28. The average molecular weight is 273 g/mol. The fraction of sp³-hybridized carbons (Fsp3) is 0.929. The van der Waals surface area contributed by atoms with Crippen LogP contribution < -0.4 is 5.73 Å². The highest BCUT2D eigenvalue weighted by atomic mass is 16.5. The van der Waals surface area contributed by atoms with Gasteiger partial charge in [0, 0.05) is 6.54 Å². The Hall–Kier alpha value is -0.650. The number of ether oxygens (including phenoxy) is 1. The number of hydrogen-bond donors (Lipinski definition) is 1. The summed E-state index contributed by atoms with van der Waals surface area (Å²) in [6.07, 6.45) is 1.09. The van der Waals surface area contributed by atoms with E-state index in [9.17, 15) is 4.79 Å². The van der Waals surface area contributed by atoms with Gasteiger partial charge in [0.15, 0.2) is 0 Å². The molecule has 2 N–H and O–H groups in total. The second-order valence-corrected chi connectivity index (χ2v) is 5.16. The Balaban J connectivity index is 4.18. The Morgan fingerprint density at radius 3 is 2.00 bits per heavy atom. The van der Waals surface area contributed by atoms with Gasteiger partial charge in [-0.2, -0.15) is 0 Å². The summed E-state index contributed by atoms with van der Waals surface area (Å²) >= 11 is 0. The SMILES string of the molecule is CCN(CC)CCCN(CC)CC(C)(N)C(=O)OC. The minimum atomic E-state index is -0.931. The van der Waals surface area contributed by atoms with Crippen molar-refractivity contribution in [1.82, 2.24) is 9.80 Å². The summed E-state index contributed by atoms with van der Waals surface area (Å²) in [5.74, 6) is -0.352. The number of nitrogens with zero attached hydrogens (tertiary/aromatic N) is 2. The molecule has 0 bridgehead atoms. The summed E-state index contributed by atoms with van der Waals surface area (Å²) in [5, 5.41) is 0. The number of likely N-dealkylation sites (N-methyl/N-ethyl adjacent to an activating group) is 1. The standard InChI is InChI=1S/C14H31N3O2/c1-6-16(7-2)10-9-11-17(8-3)12-14(4,15)13(18)19-5/h6-12,15H2,1-5H3. The van der Waals surface area contributed by atoms with Gasteiger partial charge in [0.05, 0.1) is 7.11 Å². The lowest BCUT2D eigenvalue weighted by Crippen LogP contribution is -2.54. The molecule has 0 saturated heterocycles. The van der Waals surface area contributed by atoms with Crippen LogP contribution in [0.4, 0.5) is 0 Å². The predicted molar refractivity (Wildman–Crippen MR) is 79.1 cm³/mol. The first-order valence-corrected chi connectivity index (χ1v) is 7.23. The van der Waals surface area contributed by atoms with Crippen LogP contribution in [0.5, 0.6) is 0 Å². The number of hydrogen-bond acceptors (Lipinski definition) is 5. The van der Waals surface area contributed by atoms with Crippen LogP contribution in [0.25, 0.3) is 0 Å². The first-order chi connectivity index (χ1) is 8.91. The van der Waals surface area contributed by atoms with Crippen LogP contribution in [0.2, 0.25) is 0 Å². The first-order valence-electron chi connectivity index (χ1n) is 7.23. The molecule has 0 rings (SSSR count). The molecule has 0 aliphatic rings. The highest BCUT2D eigenvalue weighted by molar-refractivity contribution is 5.80. The molecule has 0 amide bonds. The monoisotopic (exact) mass is 273 g/mol. The molecule has 0 fully saturated rings. The summed E-state index contributed by atoms with van der Waals surface area (Å²) in [6.45, 7) is 13.8. The molecule has 0 aromatic rings. The third kappa shape index (κ3) is 6.89. The molecule has 5 nitrogen and oxygen atoms in total. The van der Waals surface area contributed by atoms with E-state index in [1.807, 2.05) is 0 Å². The van der Waals surface area contributed by atoms with Gasteiger partial charge in [-0.3, -0.25) is 4.79 Å². The Kier molecular flexibility index (Phi) is 8.97. The van der Waals surface area contributed by atoms with E-state index in [0.717, 1.165) is 39.1 Å². The van der Waals surface area contributed by atoms with Gasteiger partial charge in [0.1, 0.15) is 5.54 Å². The maximum absolute atomic E-state index is 11.6. The van der Waals surface area contributed by atoms with Crippen LogP contribution in [0.1, 0.15) is 34.1 Å². The lowest BCUT2D eigenvalue weighted by molar-refractivity contribution is -0.147. The molecule has 0 heterocycles. The van der Waals surface area contributed by atoms with Crippen molar-refractivity contribution in [3.05, 3.63) is 0 Å². The van der Waals surface area contributed by atoms with Crippen molar-refractivity contribution >= 4 is 5.97 Å². The van der Waals surface area contributed by atoms with E-state index in [4.69, 9.17) is 10.5 Å². The van der Waals surface area contributed by atoms with Crippen LogP contribution in [0, 0.1) is 0 Å². The van der Waals surface area contributed by atoms with Crippen molar-refractivity contribution < 1.29 is 9.53 Å². The van der Waals surface area contributed by atoms with Crippen LogP contribution in [-0.4, -0.2) is 67.7 Å². The van der Waals surface area contributed by atoms with Gasteiger partial charge in [-0.25, -0.2) is 0 Å². The van der Waals surface area contributed by atoms with Gasteiger partial charge in [-0.15, -0.1) is 0 Å². The molecular formula is C14H31N3O2. The zero-order chi connectivity index (χ0) is 14.9. The number of esters is 1. The van der Waals surface area contributed by atoms with Gasteiger partial charge < -0.3 is 20.3 Å². The molecular weight excluding hydrogens is 242 g/mol. The van der Waals surface area contributed by atoms with Crippen molar-refractivity contribution in [3.8, 4) is 0 Å². The maximum atomic E-state index is 11.6. The van der Waals surface area contributed by atoms with Crippen molar-refractivity contribution in [2.75, 3.05) is 46.4 Å². The highest BCUT2D eigenvalue weighted by Gasteiger charge is 2.31. The van der Waals surface area contributed by atoms with Crippen LogP contribution in [-0.2, 0) is 9.53 Å². The molecule has 1 atom stereocenters. The zero-order valence-corrected chi connectivity index (χ0v) is 13.2. The fourth-order valence-corrected chi connectivity index (χ4v) is 2.17. The first kappa shape index (κ1) is 18.4. The minimum absolute atomic E-state index is 0.352. The van der Waals surface area contributed by atoms with E-state index >= 15 is 0 Å². The average Bonchev–Trinajstić information content (AvgIpc) is 2.41. The van der Waals surface area contributed by atoms with Gasteiger partial charge >= 0.3 is 5.97 Å². The van der Waals surface area contributed by atoms with E-state index < -0.39 is 5.54 Å². The predicted octanol–water partition coefficient (Wildman–Crippen LogP) is 0.931. The summed E-state index contributed by atoms with van der Waals surface area (Å²) in [7, 11) is 1.38. The topological polar surface area (TPSA) is 58.8 Å². The Morgan fingerprint density at radius 1 is 1.11 bits per heavy atom. The molecule has 0 aliphatic carbocycles. The smallest absolute Gasteiger partial charge is 0.326 e. The summed E-state index contributed by atoms with van der Waals surface area (Å²) in [4.78, 5) is 16.2. The van der Waals surface area contributed by atoms with E-state index in [1.54, 1.807) is 6.92 Å². The van der Waals surface area contributed by atoms with Crippen molar-refractivity contribution in [1.29, 1.82) is 0 Å². The molecule has 0 aliphatic heterocycles. The lowest BCUT2D eigenvalue weighted by atomic mass is 10.0. The Morgan fingerprint density at radius 2 is 1.58 bits per heavy atom. The van der Waals surface area contributed by atoms with Crippen LogP contribution in [0.15, 0.2) is 0 Å². The normalized spacial score (nSPS) is 14.7. The molecule has 0 aromatic heterocycles. The number of rotatable bonds is 10. The number of methoxy groups -OCH3 is 1. The van der Waals surface area contributed by atoms with Crippen molar-refractivity contribution in [3.63, 3.8) is 0 Å². The largest absolute Gasteiger partial charge is 0.468 e. The van der Waals surface area contributed by atoms with Gasteiger partial charge in [-0.05, 0) is 46.1 Å². The Labute approximate surface area is 118 Å². The van der Waals surface area contributed by atoms with Crippen LogP contribution in [0.3, 0.4) is 0 Å². The number of carbonyl (C=O) groups is 1. The van der Waals surface area contributed by atoms with Gasteiger partial charge in [0.2, 0.25) is 0 Å². The summed E-state index contributed by atoms with van der Waals surface area (Å²) in [5.41, 5.74) is 5.07.